The SMILES string of the molecule is N#Cc1cccc(C(CCC2CC2)(NC(=O)Nc2ccc(Cl)cc2)c2ccc(F)c(NC=O)c2)c1. The zero-order valence-electron chi connectivity index (χ0n) is 18.9. The molecule has 1 fully saturated rings. The number of rotatable bonds is 9. The molecule has 3 amide bonds. The number of carbonyl (C=O) groups is 2. The molecule has 0 aliphatic heterocycles. The van der Waals surface area contributed by atoms with E-state index in [1.165, 1.54) is 12.1 Å². The summed E-state index contributed by atoms with van der Waals surface area (Å²) in [5.74, 6) is -0.0454. The first kappa shape index (κ1) is 24.2. The second-order valence-corrected chi connectivity index (χ2v) is 9.06. The summed E-state index contributed by atoms with van der Waals surface area (Å²) in [5, 5.41) is 18.4. The van der Waals surface area contributed by atoms with Crippen LogP contribution < -0.4 is 16.0 Å². The van der Waals surface area contributed by atoms with E-state index in [-0.39, 0.29) is 5.69 Å². The van der Waals surface area contributed by atoms with Crippen molar-refractivity contribution < 1.29 is 14.0 Å². The molecule has 1 aliphatic carbocycles. The highest BCUT2D eigenvalue weighted by Crippen LogP contribution is 2.42. The molecule has 3 aromatic carbocycles. The molecule has 1 saturated carbocycles. The minimum Gasteiger partial charge on any atom is -0.326 e. The normalized spacial score (nSPS) is 14.3. The molecule has 178 valence electrons. The molecule has 1 unspecified atom stereocenters. The van der Waals surface area contributed by atoms with Crippen molar-refractivity contribution in [1.82, 2.24) is 5.32 Å². The van der Waals surface area contributed by atoms with E-state index < -0.39 is 17.4 Å². The third-order valence-corrected chi connectivity index (χ3v) is 6.46. The first-order chi connectivity index (χ1) is 16.9. The molecule has 3 N–H and O–H groups in total. The zero-order valence-corrected chi connectivity index (χ0v) is 19.6. The number of nitriles is 1. The Balaban J connectivity index is 1.80. The summed E-state index contributed by atoms with van der Waals surface area (Å²) in [6.07, 6.45) is 3.99. The molecule has 3 aromatic rings. The molecule has 4 rings (SSSR count). The summed E-state index contributed by atoms with van der Waals surface area (Å²) in [6.45, 7) is 0. The number of benzene rings is 3. The first-order valence-electron chi connectivity index (χ1n) is 11.3. The Hall–Kier alpha value is -3.89. The largest absolute Gasteiger partial charge is 0.326 e. The summed E-state index contributed by atoms with van der Waals surface area (Å²) in [7, 11) is 0. The number of halogens is 2. The van der Waals surface area contributed by atoms with E-state index in [9.17, 15) is 19.2 Å². The molecule has 6 nitrogen and oxygen atoms in total. The minimum absolute atomic E-state index is 0.00430. The highest BCUT2D eigenvalue weighted by atomic mass is 35.5. The van der Waals surface area contributed by atoms with Gasteiger partial charge >= 0.3 is 6.03 Å². The maximum absolute atomic E-state index is 14.4. The second-order valence-electron chi connectivity index (χ2n) is 8.62. The fraction of sp³-hybridized carbons (Fsp3) is 0.222. The number of carbonyl (C=O) groups excluding carboxylic acids is 2. The Morgan fingerprint density at radius 1 is 1.11 bits per heavy atom. The lowest BCUT2D eigenvalue weighted by Gasteiger charge is -2.37. The molecule has 0 saturated heterocycles. The van der Waals surface area contributed by atoms with Gasteiger partial charge in [0, 0.05) is 10.7 Å². The maximum atomic E-state index is 14.4. The van der Waals surface area contributed by atoms with Gasteiger partial charge in [-0.3, -0.25) is 4.79 Å². The number of hydrogen-bond donors (Lipinski definition) is 3. The third-order valence-electron chi connectivity index (χ3n) is 6.21. The molecular formula is C27H24ClFN4O2. The first-order valence-corrected chi connectivity index (χ1v) is 11.7. The monoisotopic (exact) mass is 490 g/mol. The third kappa shape index (κ3) is 5.79. The summed E-state index contributed by atoms with van der Waals surface area (Å²) < 4.78 is 14.4. The van der Waals surface area contributed by atoms with Crippen LogP contribution in [-0.2, 0) is 10.3 Å². The number of hydrogen-bond acceptors (Lipinski definition) is 3. The van der Waals surface area contributed by atoms with E-state index in [0.29, 0.717) is 46.1 Å². The Labute approximate surface area is 208 Å². The van der Waals surface area contributed by atoms with Crippen LogP contribution in [0.3, 0.4) is 0 Å². The van der Waals surface area contributed by atoms with Gasteiger partial charge < -0.3 is 16.0 Å². The van der Waals surface area contributed by atoms with Crippen LogP contribution in [0.15, 0.2) is 66.7 Å². The number of nitrogens with one attached hydrogen (secondary N) is 3. The summed E-state index contributed by atoms with van der Waals surface area (Å²) in [6, 6.07) is 19.8. The van der Waals surface area contributed by atoms with Crippen LogP contribution in [0, 0.1) is 23.1 Å². The molecule has 8 heteroatoms. The topological polar surface area (TPSA) is 94.0 Å². The van der Waals surface area contributed by atoms with Crippen molar-refractivity contribution in [3.05, 3.63) is 94.3 Å². The van der Waals surface area contributed by atoms with Crippen molar-refractivity contribution in [2.24, 2.45) is 5.92 Å². The van der Waals surface area contributed by atoms with Gasteiger partial charge in [-0.05, 0) is 78.4 Å². The Bertz CT molecular complexity index is 1270. The van der Waals surface area contributed by atoms with Crippen molar-refractivity contribution >= 4 is 35.4 Å². The lowest BCUT2D eigenvalue weighted by atomic mass is 9.78. The Morgan fingerprint density at radius 3 is 2.54 bits per heavy atom. The van der Waals surface area contributed by atoms with E-state index in [0.717, 1.165) is 19.3 Å². The van der Waals surface area contributed by atoms with Crippen LogP contribution in [0.2, 0.25) is 5.02 Å². The van der Waals surface area contributed by atoms with E-state index in [2.05, 4.69) is 22.0 Å². The van der Waals surface area contributed by atoms with Crippen molar-refractivity contribution in [2.75, 3.05) is 10.6 Å². The van der Waals surface area contributed by atoms with Gasteiger partial charge in [-0.2, -0.15) is 5.26 Å². The van der Waals surface area contributed by atoms with Crippen LogP contribution >= 0.6 is 11.6 Å². The molecule has 0 bridgehead atoms. The van der Waals surface area contributed by atoms with Crippen LogP contribution in [0.1, 0.15) is 42.4 Å². The lowest BCUT2D eigenvalue weighted by molar-refractivity contribution is -0.105. The van der Waals surface area contributed by atoms with Gasteiger partial charge in [0.1, 0.15) is 5.82 Å². The van der Waals surface area contributed by atoms with Gasteiger partial charge in [0.05, 0.1) is 22.9 Å². The number of urea groups is 1. The van der Waals surface area contributed by atoms with E-state index in [1.54, 1.807) is 48.5 Å². The van der Waals surface area contributed by atoms with Crippen molar-refractivity contribution in [2.45, 2.75) is 31.2 Å². The molecule has 0 aromatic heterocycles. The van der Waals surface area contributed by atoms with Gasteiger partial charge in [0.25, 0.3) is 0 Å². The van der Waals surface area contributed by atoms with Crippen molar-refractivity contribution in [3.8, 4) is 6.07 Å². The smallest absolute Gasteiger partial charge is 0.320 e. The Morgan fingerprint density at radius 2 is 1.86 bits per heavy atom. The molecule has 0 heterocycles. The summed E-state index contributed by atoms with van der Waals surface area (Å²) in [5.41, 5.74) is 1.18. The van der Waals surface area contributed by atoms with Crippen LogP contribution in [0.4, 0.5) is 20.6 Å². The lowest BCUT2D eigenvalue weighted by Crippen LogP contribution is -2.48. The van der Waals surface area contributed by atoms with E-state index in [4.69, 9.17) is 11.6 Å². The zero-order chi connectivity index (χ0) is 24.8. The Kier molecular flexibility index (Phi) is 7.33. The molecular weight excluding hydrogens is 467 g/mol. The fourth-order valence-corrected chi connectivity index (χ4v) is 4.32. The van der Waals surface area contributed by atoms with Gasteiger partial charge in [0.2, 0.25) is 6.41 Å². The highest BCUT2D eigenvalue weighted by Gasteiger charge is 2.38. The quantitative estimate of drug-likeness (QED) is 0.313. The predicted molar refractivity (Wildman–Crippen MR) is 134 cm³/mol. The van der Waals surface area contributed by atoms with Crippen molar-refractivity contribution in [3.63, 3.8) is 0 Å². The van der Waals surface area contributed by atoms with Crippen LogP contribution in [0.5, 0.6) is 0 Å². The standard InChI is InChI=1S/C27H24ClFN4O2/c28-22-7-9-23(10-8-22)32-26(35)33-27(13-12-18-4-5-18,20-3-1-2-19(14-20)16-30)21-6-11-24(29)25(15-21)31-17-34/h1-3,6-11,14-15,17-18H,4-5,12-13H2,(H,31,34)(H2,32,33,35). The van der Waals surface area contributed by atoms with E-state index in [1.807, 2.05) is 6.07 Å². The summed E-state index contributed by atoms with van der Waals surface area (Å²) in [4.78, 5) is 24.4. The number of nitrogens with zero attached hydrogens (tertiary/aromatic N) is 1. The van der Waals surface area contributed by atoms with Crippen LogP contribution in [-0.4, -0.2) is 12.4 Å². The average Bonchev–Trinajstić information content (AvgIpc) is 3.69. The summed E-state index contributed by atoms with van der Waals surface area (Å²) >= 11 is 5.96. The predicted octanol–water partition coefficient (Wildman–Crippen LogP) is 6.17. The number of anilines is 2. The maximum Gasteiger partial charge on any atom is 0.320 e. The van der Waals surface area contributed by atoms with Gasteiger partial charge in [0.15, 0.2) is 0 Å². The number of amides is 3. The van der Waals surface area contributed by atoms with Gasteiger partial charge in [-0.1, -0.05) is 42.6 Å². The minimum atomic E-state index is -1.08. The molecule has 1 atom stereocenters. The highest BCUT2D eigenvalue weighted by molar-refractivity contribution is 6.30. The fourth-order valence-electron chi connectivity index (χ4n) is 4.20. The molecule has 0 spiro atoms. The molecule has 35 heavy (non-hydrogen) atoms. The molecule has 0 radical (unpaired) electrons. The van der Waals surface area contributed by atoms with Gasteiger partial charge in [-0.15, -0.1) is 0 Å². The van der Waals surface area contributed by atoms with Crippen molar-refractivity contribution in [1.29, 1.82) is 5.26 Å². The average molecular weight is 491 g/mol. The van der Waals surface area contributed by atoms with E-state index >= 15 is 0 Å². The van der Waals surface area contributed by atoms with Gasteiger partial charge in [-0.25, -0.2) is 9.18 Å². The second kappa shape index (κ2) is 10.6. The molecule has 1 aliphatic rings. The van der Waals surface area contributed by atoms with Crippen LogP contribution in [0.25, 0.3) is 0 Å².